The molecular formula is C15H22N2O3S. The summed E-state index contributed by atoms with van der Waals surface area (Å²) in [7, 11) is 0. The Balaban J connectivity index is 1.65. The topological polar surface area (TPSA) is 68.3 Å². The van der Waals surface area contributed by atoms with Gasteiger partial charge in [0.1, 0.15) is 0 Å². The molecule has 1 heterocycles. The van der Waals surface area contributed by atoms with Crippen molar-refractivity contribution in [1.82, 2.24) is 10.3 Å². The number of nitrogens with zero attached hydrogens (tertiary/aromatic N) is 1. The highest BCUT2D eigenvalue weighted by atomic mass is 32.1. The van der Waals surface area contributed by atoms with E-state index in [-0.39, 0.29) is 25.0 Å². The van der Waals surface area contributed by atoms with Gasteiger partial charge in [0.25, 0.3) is 5.91 Å². The lowest BCUT2D eigenvalue weighted by molar-refractivity contribution is -0.148. The van der Waals surface area contributed by atoms with Crippen molar-refractivity contribution in [2.24, 2.45) is 5.92 Å². The quantitative estimate of drug-likeness (QED) is 0.847. The van der Waals surface area contributed by atoms with Gasteiger partial charge in [0, 0.05) is 11.4 Å². The van der Waals surface area contributed by atoms with Crippen molar-refractivity contribution in [1.29, 1.82) is 0 Å². The molecule has 1 N–H and O–H groups in total. The van der Waals surface area contributed by atoms with Crippen LogP contribution in [0.25, 0.3) is 0 Å². The van der Waals surface area contributed by atoms with Crippen molar-refractivity contribution in [2.45, 2.75) is 52.0 Å². The van der Waals surface area contributed by atoms with Crippen LogP contribution in [0.1, 0.15) is 43.3 Å². The fourth-order valence-corrected chi connectivity index (χ4v) is 3.12. The third kappa shape index (κ3) is 5.46. The Kier molecular flexibility index (Phi) is 5.73. The lowest BCUT2D eigenvalue weighted by atomic mass is 9.87. The lowest BCUT2D eigenvalue weighted by Gasteiger charge is -2.26. The zero-order chi connectivity index (χ0) is 15.2. The van der Waals surface area contributed by atoms with E-state index in [0.717, 1.165) is 36.6 Å². The Bertz CT molecular complexity index is 493. The third-order valence-electron chi connectivity index (χ3n) is 3.74. The van der Waals surface area contributed by atoms with Gasteiger partial charge in [0.05, 0.1) is 17.1 Å². The minimum Gasteiger partial charge on any atom is -0.455 e. The number of hydrogen-bond acceptors (Lipinski definition) is 5. The summed E-state index contributed by atoms with van der Waals surface area (Å²) in [5.74, 6) is 0.127. The summed E-state index contributed by atoms with van der Waals surface area (Å²) in [6.45, 7) is 3.92. The van der Waals surface area contributed by atoms with Crippen LogP contribution in [-0.2, 0) is 20.7 Å². The summed E-state index contributed by atoms with van der Waals surface area (Å²) in [5.41, 5.74) is 0.698. The number of esters is 1. The first-order valence-electron chi connectivity index (χ1n) is 7.39. The normalized spacial score (nSPS) is 21.8. The van der Waals surface area contributed by atoms with Crippen molar-refractivity contribution in [2.75, 3.05) is 6.61 Å². The Morgan fingerprint density at radius 3 is 2.71 bits per heavy atom. The molecule has 0 spiro atoms. The first-order valence-corrected chi connectivity index (χ1v) is 8.27. The highest BCUT2D eigenvalue weighted by molar-refractivity contribution is 7.09. The maximum atomic E-state index is 11.8. The fourth-order valence-electron chi connectivity index (χ4n) is 2.51. The predicted molar refractivity (Wildman–Crippen MR) is 81.1 cm³/mol. The van der Waals surface area contributed by atoms with Crippen molar-refractivity contribution in [3.63, 3.8) is 0 Å². The highest BCUT2D eigenvalue weighted by Gasteiger charge is 2.20. The van der Waals surface area contributed by atoms with Crippen LogP contribution in [0.5, 0.6) is 0 Å². The number of carbonyl (C=O) groups is 2. The van der Waals surface area contributed by atoms with Gasteiger partial charge in [-0.25, -0.2) is 4.98 Å². The monoisotopic (exact) mass is 310 g/mol. The molecule has 0 saturated heterocycles. The predicted octanol–water partition coefficient (Wildman–Crippen LogP) is 2.23. The van der Waals surface area contributed by atoms with Crippen LogP contribution in [0.4, 0.5) is 0 Å². The molecular weight excluding hydrogens is 288 g/mol. The molecule has 2 rings (SSSR count). The molecule has 21 heavy (non-hydrogen) atoms. The van der Waals surface area contributed by atoms with Gasteiger partial charge in [0.15, 0.2) is 6.61 Å². The number of aromatic nitrogens is 1. The number of amides is 1. The van der Waals surface area contributed by atoms with Crippen molar-refractivity contribution in [3.8, 4) is 0 Å². The summed E-state index contributed by atoms with van der Waals surface area (Å²) in [4.78, 5) is 27.6. The zero-order valence-electron chi connectivity index (χ0n) is 12.6. The first-order chi connectivity index (χ1) is 10.0. The van der Waals surface area contributed by atoms with Gasteiger partial charge in [-0.2, -0.15) is 0 Å². The zero-order valence-corrected chi connectivity index (χ0v) is 13.4. The molecule has 0 aromatic carbocycles. The number of ether oxygens (including phenoxy) is 1. The average Bonchev–Trinajstić information content (AvgIpc) is 2.84. The Labute approximate surface area is 129 Å². The molecule has 5 nitrogen and oxygen atoms in total. The Morgan fingerprint density at radius 1 is 1.38 bits per heavy atom. The number of hydrogen-bond donors (Lipinski definition) is 1. The minimum atomic E-state index is -0.410. The summed E-state index contributed by atoms with van der Waals surface area (Å²) in [5, 5.41) is 5.68. The lowest BCUT2D eigenvalue weighted by Crippen LogP contribution is -2.39. The SMILES string of the molecule is Cc1nc(CC(=O)OCC(=O)NC2CCC(C)CC2)cs1. The first kappa shape index (κ1) is 15.9. The Morgan fingerprint density at radius 2 is 2.10 bits per heavy atom. The van der Waals surface area contributed by atoms with E-state index >= 15 is 0 Å². The molecule has 6 heteroatoms. The number of nitrogens with one attached hydrogen (secondary N) is 1. The van der Waals surface area contributed by atoms with Crippen molar-refractivity contribution < 1.29 is 14.3 Å². The van der Waals surface area contributed by atoms with Gasteiger partial charge >= 0.3 is 5.97 Å². The average molecular weight is 310 g/mol. The molecule has 1 saturated carbocycles. The van der Waals surface area contributed by atoms with E-state index in [4.69, 9.17) is 4.74 Å². The van der Waals surface area contributed by atoms with E-state index in [0.29, 0.717) is 5.69 Å². The van der Waals surface area contributed by atoms with Crippen molar-refractivity contribution >= 4 is 23.2 Å². The molecule has 1 aromatic rings. The largest absolute Gasteiger partial charge is 0.455 e. The van der Waals surface area contributed by atoms with E-state index < -0.39 is 5.97 Å². The standard InChI is InChI=1S/C15H22N2O3S/c1-10-3-5-12(6-4-10)17-14(18)8-20-15(19)7-13-9-21-11(2)16-13/h9-10,12H,3-8H2,1-2H3,(H,17,18). The van der Waals surface area contributed by atoms with Gasteiger partial charge < -0.3 is 10.1 Å². The van der Waals surface area contributed by atoms with Crippen LogP contribution in [0, 0.1) is 12.8 Å². The van der Waals surface area contributed by atoms with Crippen LogP contribution in [0.2, 0.25) is 0 Å². The molecule has 1 aliphatic carbocycles. The van der Waals surface area contributed by atoms with Crippen molar-refractivity contribution in [3.05, 3.63) is 16.1 Å². The number of carbonyl (C=O) groups excluding carboxylic acids is 2. The third-order valence-corrected chi connectivity index (χ3v) is 4.56. The maximum Gasteiger partial charge on any atom is 0.312 e. The maximum absolute atomic E-state index is 11.8. The second-order valence-electron chi connectivity index (χ2n) is 5.72. The molecule has 116 valence electrons. The van der Waals surface area contributed by atoms with Crippen LogP contribution in [0.3, 0.4) is 0 Å². The number of aryl methyl sites for hydroxylation is 1. The van der Waals surface area contributed by atoms with Crippen LogP contribution >= 0.6 is 11.3 Å². The van der Waals surface area contributed by atoms with Crippen LogP contribution in [-0.4, -0.2) is 29.5 Å². The molecule has 0 bridgehead atoms. The molecule has 1 aromatic heterocycles. The van der Waals surface area contributed by atoms with E-state index in [2.05, 4.69) is 17.2 Å². The molecule has 0 radical (unpaired) electrons. The highest BCUT2D eigenvalue weighted by Crippen LogP contribution is 2.23. The molecule has 1 amide bonds. The molecule has 0 unspecified atom stereocenters. The van der Waals surface area contributed by atoms with Gasteiger partial charge in [-0.15, -0.1) is 11.3 Å². The number of rotatable bonds is 5. The van der Waals surface area contributed by atoms with Gasteiger partial charge in [-0.3, -0.25) is 9.59 Å². The van der Waals surface area contributed by atoms with E-state index in [1.165, 1.54) is 11.3 Å². The summed E-state index contributed by atoms with van der Waals surface area (Å²) in [6.07, 6.45) is 4.44. The molecule has 1 aliphatic rings. The van der Waals surface area contributed by atoms with Gasteiger partial charge in [-0.05, 0) is 38.5 Å². The molecule has 0 aliphatic heterocycles. The second kappa shape index (κ2) is 7.54. The summed E-state index contributed by atoms with van der Waals surface area (Å²) < 4.78 is 4.99. The number of thiazole rings is 1. The smallest absolute Gasteiger partial charge is 0.312 e. The molecule has 0 atom stereocenters. The van der Waals surface area contributed by atoms with Crippen LogP contribution < -0.4 is 5.32 Å². The van der Waals surface area contributed by atoms with E-state index in [9.17, 15) is 9.59 Å². The molecule has 1 fully saturated rings. The van der Waals surface area contributed by atoms with E-state index in [1.54, 1.807) is 0 Å². The van der Waals surface area contributed by atoms with Gasteiger partial charge in [0.2, 0.25) is 0 Å². The second-order valence-corrected chi connectivity index (χ2v) is 6.78. The van der Waals surface area contributed by atoms with Gasteiger partial charge in [-0.1, -0.05) is 6.92 Å². The minimum absolute atomic E-state index is 0.124. The Hall–Kier alpha value is -1.43. The van der Waals surface area contributed by atoms with Crippen LogP contribution in [0.15, 0.2) is 5.38 Å². The summed E-state index contributed by atoms with van der Waals surface area (Å²) >= 11 is 1.50. The fraction of sp³-hybridized carbons (Fsp3) is 0.667. The van der Waals surface area contributed by atoms with E-state index in [1.807, 2.05) is 12.3 Å². The summed E-state index contributed by atoms with van der Waals surface area (Å²) in [6, 6.07) is 0.230.